The van der Waals surface area contributed by atoms with Gasteiger partial charge in [0.2, 0.25) is 9.84 Å². The first-order valence-corrected chi connectivity index (χ1v) is 12.5. The first kappa shape index (κ1) is 24.2. The van der Waals surface area contributed by atoms with Crippen molar-refractivity contribution in [2.45, 2.75) is 36.5 Å². The predicted molar refractivity (Wildman–Crippen MR) is 128 cm³/mol. The second-order valence-corrected chi connectivity index (χ2v) is 9.98. The van der Waals surface area contributed by atoms with E-state index < -0.39 is 15.7 Å². The van der Waals surface area contributed by atoms with Crippen LogP contribution in [-0.4, -0.2) is 25.4 Å². The largest absolute Gasteiger partial charge is 0.466 e. The smallest absolute Gasteiger partial charge is 0.310 e. The zero-order valence-corrected chi connectivity index (χ0v) is 20.1. The summed E-state index contributed by atoms with van der Waals surface area (Å²) < 4.78 is 47.1. The van der Waals surface area contributed by atoms with Crippen LogP contribution in [0, 0.1) is 24.1 Å². The minimum atomic E-state index is -3.91. The minimum Gasteiger partial charge on any atom is -0.466 e. The summed E-state index contributed by atoms with van der Waals surface area (Å²) >= 11 is 0. The van der Waals surface area contributed by atoms with Crippen LogP contribution < -0.4 is 0 Å². The fourth-order valence-electron chi connectivity index (χ4n) is 4.21. The van der Waals surface area contributed by atoms with Gasteiger partial charge < -0.3 is 9.14 Å². The Hall–Kier alpha value is -3.96. The molecule has 8 heteroatoms. The third-order valence-electron chi connectivity index (χ3n) is 5.93. The van der Waals surface area contributed by atoms with E-state index in [1.54, 1.807) is 43.5 Å². The lowest BCUT2D eigenvalue weighted by Gasteiger charge is -2.12. The Kier molecular flexibility index (Phi) is 6.72. The van der Waals surface area contributed by atoms with E-state index in [4.69, 9.17) is 4.74 Å². The molecule has 0 bridgehead atoms. The molecule has 0 radical (unpaired) electrons. The van der Waals surface area contributed by atoms with E-state index in [1.165, 1.54) is 18.2 Å². The van der Waals surface area contributed by atoms with Gasteiger partial charge in [-0.2, -0.15) is 5.26 Å². The van der Waals surface area contributed by atoms with Gasteiger partial charge in [0, 0.05) is 23.8 Å². The fourth-order valence-corrected chi connectivity index (χ4v) is 5.70. The van der Waals surface area contributed by atoms with E-state index in [0.29, 0.717) is 11.1 Å². The second kappa shape index (κ2) is 9.72. The van der Waals surface area contributed by atoms with Gasteiger partial charge in [0.1, 0.15) is 11.9 Å². The number of carbonyl (C=O) groups excluding carboxylic acids is 1. The number of hydrogen-bond acceptors (Lipinski definition) is 5. The van der Waals surface area contributed by atoms with Crippen LogP contribution in [0.3, 0.4) is 0 Å². The predicted octanol–water partition coefficient (Wildman–Crippen LogP) is 4.79. The molecule has 2 heterocycles. The van der Waals surface area contributed by atoms with Gasteiger partial charge in [-0.1, -0.05) is 18.2 Å². The Morgan fingerprint density at radius 1 is 1.09 bits per heavy atom. The fraction of sp³-hybridized carbons (Fsp3) is 0.185. The van der Waals surface area contributed by atoms with Gasteiger partial charge in [-0.05, 0) is 73.0 Å². The van der Waals surface area contributed by atoms with Crippen molar-refractivity contribution in [1.29, 1.82) is 5.26 Å². The van der Waals surface area contributed by atoms with Crippen LogP contribution in [0.5, 0.6) is 0 Å². The number of fused-ring (bicyclic) bond motifs is 1. The molecule has 0 saturated carbocycles. The maximum Gasteiger partial charge on any atom is 0.310 e. The number of nitriles is 1. The Bertz CT molecular complexity index is 1570. The van der Waals surface area contributed by atoms with E-state index in [0.717, 1.165) is 34.5 Å². The van der Waals surface area contributed by atoms with Crippen molar-refractivity contribution in [1.82, 2.24) is 4.40 Å². The number of nitrogens with zero attached hydrogens (tertiary/aromatic N) is 2. The molecular weight excluding hydrogens is 467 g/mol. The molecule has 0 unspecified atom stereocenters. The molecule has 2 aromatic heterocycles. The lowest BCUT2D eigenvalue weighted by atomic mass is 10.0. The van der Waals surface area contributed by atoms with Crippen molar-refractivity contribution in [3.05, 3.63) is 101 Å². The number of esters is 1. The summed E-state index contributed by atoms with van der Waals surface area (Å²) in [5.74, 6) is -0.881. The molecule has 2 aromatic carbocycles. The number of halogens is 1. The maximum atomic E-state index is 13.4. The van der Waals surface area contributed by atoms with Gasteiger partial charge in [-0.3, -0.25) is 4.79 Å². The van der Waals surface area contributed by atoms with Crippen molar-refractivity contribution in [2.24, 2.45) is 0 Å². The highest BCUT2D eigenvalue weighted by molar-refractivity contribution is 7.91. The SMILES string of the molecule is CCOC(=O)Cc1c(C)c(Cc2ccccc2S(=O)(=O)c2ccc(F)cc2)n2cc(C#N)ccc12. The molecule has 0 aliphatic heterocycles. The van der Waals surface area contributed by atoms with Crippen LogP contribution >= 0.6 is 0 Å². The normalized spacial score (nSPS) is 11.4. The molecule has 4 aromatic rings. The van der Waals surface area contributed by atoms with Crippen LogP contribution in [-0.2, 0) is 32.2 Å². The Balaban J connectivity index is 1.85. The first-order chi connectivity index (χ1) is 16.8. The quantitative estimate of drug-likeness (QED) is 0.275. The van der Waals surface area contributed by atoms with Crippen molar-refractivity contribution in [2.75, 3.05) is 6.61 Å². The van der Waals surface area contributed by atoms with Crippen molar-refractivity contribution < 1.29 is 22.3 Å². The highest BCUT2D eigenvalue weighted by Crippen LogP contribution is 2.30. The van der Waals surface area contributed by atoms with Gasteiger partial charge in [0.15, 0.2) is 0 Å². The van der Waals surface area contributed by atoms with Gasteiger partial charge in [0.05, 0.1) is 28.4 Å². The zero-order chi connectivity index (χ0) is 25.2. The molecule has 0 aliphatic rings. The average Bonchev–Trinajstić information content (AvgIpc) is 3.10. The topological polar surface area (TPSA) is 88.6 Å². The second-order valence-electron chi connectivity index (χ2n) is 8.06. The van der Waals surface area contributed by atoms with E-state index >= 15 is 0 Å². The first-order valence-electron chi connectivity index (χ1n) is 11.0. The highest BCUT2D eigenvalue weighted by Gasteiger charge is 2.24. The van der Waals surface area contributed by atoms with Gasteiger partial charge >= 0.3 is 5.97 Å². The number of sulfone groups is 1. The summed E-state index contributed by atoms with van der Waals surface area (Å²) in [5.41, 5.74) is 4.08. The summed E-state index contributed by atoms with van der Waals surface area (Å²) in [6.07, 6.45) is 1.98. The summed E-state index contributed by atoms with van der Waals surface area (Å²) in [6.45, 7) is 3.88. The summed E-state index contributed by atoms with van der Waals surface area (Å²) in [7, 11) is -3.91. The minimum absolute atomic E-state index is 0.00199. The molecule has 0 atom stereocenters. The standard InChI is InChI=1S/C27H23FN2O4S/c1-3-34-27(31)15-23-18(2)25(30-17-19(16-29)8-13-24(23)30)14-20-6-4-5-7-26(20)35(32,33)22-11-9-21(28)10-12-22/h4-13,17H,3,14-15H2,1-2H3. The number of hydrogen-bond donors (Lipinski definition) is 0. The number of carbonyl (C=O) groups is 1. The van der Waals surface area contributed by atoms with E-state index in [1.807, 2.05) is 11.3 Å². The number of rotatable bonds is 7. The molecule has 178 valence electrons. The van der Waals surface area contributed by atoms with E-state index in [-0.39, 0.29) is 35.2 Å². The molecule has 0 spiro atoms. The van der Waals surface area contributed by atoms with Crippen molar-refractivity contribution in [3.63, 3.8) is 0 Å². The molecule has 0 aliphatic carbocycles. The summed E-state index contributed by atoms with van der Waals surface area (Å²) in [6, 6.07) is 17.0. The average molecular weight is 491 g/mol. The molecule has 0 fully saturated rings. The van der Waals surface area contributed by atoms with Crippen LogP contribution in [0.2, 0.25) is 0 Å². The Morgan fingerprint density at radius 2 is 1.80 bits per heavy atom. The van der Waals surface area contributed by atoms with Crippen molar-refractivity contribution >= 4 is 21.3 Å². The molecular formula is C27H23FN2O4S. The van der Waals surface area contributed by atoms with E-state index in [9.17, 15) is 22.9 Å². The Morgan fingerprint density at radius 3 is 2.49 bits per heavy atom. The Labute approximate surface area is 203 Å². The molecule has 6 nitrogen and oxygen atoms in total. The number of aromatic nitrogens is 1. The monoisotopic (exact) mass is 490 g/mol. The van der Waals surface area contributed by atoms with Crippen LogP contribution in [0.25, 0.3) is 5.52 Å². The van der Waals surface area contributed by atoms with Crippen molar-refractivity contribution in [3.8, 4) is 6.07 Å². The molecule has 0 saturated heterocycles. The van der Waals surface area contributed by atoms with Gasteiger partial charge in [0.25, 0.3) is 0 Å². The number of pyridine rings is 1. The third-order valence-corrected chi connectivity index (χ3v) is 7.80. The summed E-state index contributed by atoms with van der Waals surface area (Å²) in [4.78, 5) is 12.4. The van der Waals surface area contributed by atoms with Crippen LogP contribution in [0.1, 0.15) is 34.9 Å². The van der Waals surface area contributed by atoms with Crippen LogP contribution in [0.15, 0.2) is 76.7 Å². The van der Waals surface area contributed by atoms with Gasteiger partial charge in [-0.15, -0.1) is 0 Å². The number of benzene rings is 2. The highest BCUT2D eigenvalue weighted by atomic mass is 32.2. The molecule has 4 rings (SSSR count). The number of ether oxygens (including phenoxy) is 1. The van der Waals surface area contributed by atoms with Crippen LogP contribution in [0.4, 0.5) is 4.39 Å². The zero-order valence-electron chi connectivity index (χ0n) is 19.3. The maximum absolute atomic E-state index is 13.4. The molecule has 0 amide bonds. The van der Waals surface area contributed by atoms with Gasteiger partial charge in [-0.25, -0.2) is 12.8 Å². The lowest BCUT2D eigenvalue weighted by Crippen LogP contribution is -2.08. The lowest BCUT2D eigenvalue weighted by molar-refractivity contribution is -0.142. The molecule has 0 N–H and O–H groups in total. The summed E-state index contributed by atoms with van der Waals surface area (Å²) in [5, 5.41) is 9.42. The molecule has 35 heavy (non-hydrogen) atoms. The van der Waals surface area contributed by atoms with E-state index in [2.05, 4.69) is 6.07 Å². The third kappa shape index (κ3) is 4.68.